The molecule has 0 aromatic carbocycles. The predicted octanol–water partition coefficient (Wildman–Crippen LogP) is 0.302. The summed E-state index contributed by atoms with van der Waals surface area (Å²) in [7, 11) is 1.73. The van der Waals surface area contributed by atoms with E-state index < -0.39 is 10.0 Å². The molecule has 0 aliphatic rings. The Kier molecular flexibility index (Phi) is 4.54. The van der Waals surface area contributed by atoms with Crippen LogP contribution in [-0.2, 0) is 17.1 Å². The Bertz CT molecular complexity index is 483. The van der Waals surface area contributed by atoms with Gasteiger partial charge in [-0.2, -0.15) is 0 Å². The second kappa shape index (κ2) is 5.34. The number of rotatable bonds is 5. The van der Waals surface area contributed by atoms with Crippen molar-refractivity contribution in [2.45, 2.75) is 18.0 Å². The van der Waals surface area contributed by atoms with Crippen molar-refractivity contribution in [1.29, 1.82) is 0 Å². The van der Waals surface area contributed by atoms with Crippen LogP contribution in [0.1, 0.15) is 6.92 Å². The number of aryl methyl sites for hydroxylation is 1. The van der Waals surface area contributed by atoms with E-state index in [9.17, 15) is 8.42 Å². The van der Waals surface area contributed by atoms with Gasteiger partial charge in [0.2, 0.25) is 5.03 Å². The molecule has 17 heavy (non-hydrogen) atoms. The molecule has 0 fully saturated rings. The molecule has 1 aromatic rings. The smallest absolute Gasteiger partial charge is 0.261 e. The third kappa shape index (κ3) is 3.67. The molecule has 0 saturated carbocycles. The Morgan fingerprint density at radius 1 is 1.59 bits per heavy atom. The topological polar surface area (TPSA) is 67.2 Å². The largest absolute Gasteiger partial charge is 0.324 e. The highest BCUT2D eigenvalue weighted by atomic mass is 35.5. The van der Waals surface area contributed by atoms with Gasteiger partial charge < -0.3 is 9.47 Å². The zero-order valence-corrected chi connectivity index (χ0v) is 11.9. The highest BCUT2D eigenvalue weighted by Gasteiger charge is 2.24. The van der Waals surface area contributed by atoms with Crippen LogP contribution in [-0.4, -0.2) is 49.6 Å². The van der Waals surface area contributed by atoms with Gasteiger partial charge >= 0.3 is 0 Å². The molecule has 0 aliphatic heterocycles. The third-order valence-electron chi connectivity index (χ3n) is 2.08. The number of hydrogen-bond donors (Lipinski definition) is 1. The number of imidazole rings is 1. The van der Waals surface area contributed by atoms with Gasteiger partial charge in [-0.3, -0.25) is 0 Å². The van der Waals surface area contributed by atoms with E-state index in [-0.39, 0.29) is 16.2 Å². The molecule has 1 unspecified atom stereocenters. The van der Waals surface area contributed by atoms with Crippen LogP contribution >= 0.6 is 11.6 Å². The van der Waals surface area contributed by atoms with Gasteiger partial charge in [0.25, 0.3) is 10.0 Å². The van der Waals surface area contributed by atoms with Gasteiger partial charge in [-0.05, 0) is 21.0 Å². The van der Waals surface area contributed by atoms with Crippen LogP contribution in [0.2, 0.25) is 5.15 Å². The molecule has 1 heterocycles. The van der Waals surface area contributed by atoms with E-state index >= 15 is 0 Å². The first kappa shape index (κ1) is 14.4. The Morgan fingerprint density at radius 2 is 2.18 bits per heavy atom. The number of halogens is 1. The average molecular weight is 281 g/mol. The molecule has 1 aromatic heterocycles. The minimum atomic E-state index is -3.66. The van der Waals surface area contributed by atoms with Gasteiger partial charge in [-0.25, -0.2) is 18.1 Å². The molecular weight excluding hydrogens is 264 g/mol. The van der Waals surface area contributed by atoms with Crippen molar-refractivity contribution < 1.29 is 8.42 Å². The van der Waals surface area contributed by atoms with Gasteiger partial charge in [-0.1, -0.05) is 11.6 Å². The molecule has 1 rings (SSSR count). The molecule has 1 N–H and O–H groups in total. The summed E-state index contributed by atoms with van der Waals surface area (Å²) in [4.78, 5) is 5.68. The maximum Gasteiger partial charge on any atom is 0.261 e. The normalized spacial score (nSPS) is 14.2. The van der Waals surface area contributed by atoms with E-state index in [4.69, 9.17) is 11.6 Å². The number of aromatic nitrogens is 2. The van der Waals surface area contributed by atoms with Crippen molar-refractivity contribution in [3.8, 4) is 0 Å². The predicted molar refractivity (Wildman–Crippen MR) is 66.6 cm³/mol. The van der Waals surface area contributed by atoms with E-state index in [1.807, 2.05) is 19.0 Å². The summed E-state index contributed by atoms with van der Waals surface area (Å²) in [5.41, 5.74) is 0. The van der Waals surface area contributed by atoms with Crippen molar-refractivity contribution in [1.82, 2.24) is 19.2 Å². The maximum atomic E-state index is 12.0. The van der Waals surface area contributed by atoms with E-state index in [1.54, 1.807) is 14.0 Å². The van der Waals surface area contributed by atoms with E-state index in [0.717, 1.165) is 0 Å². The summed E-state index contributed by atoms with van der Waals surface area (Å²) < 4.78 is 27.9. The van der Waals surface area contributed by atoms with E-state index in [1.165, 1.54) is 10.9 Å². The summed E-state index contributed by atoms with van der Waals surface area (Å²) in [5.74, 6) is 0. The molecular formula is C9H17ClN4O2S. The minimum absolute atomic E-state index is 0.106. The quantitative estimate of drug-likeness (QED) is 0.843. The number of nitrogens with one attached hydrogen (secondary N) is 1. The molecule has 0 radical (unpaired) electrons. The van der Waals surface area contributed by atoms with Crippen molar-refractivity contribution in [3.63, 3.8) is 0 Å². The number of sulfonamides is 1. The first-order valence-electron chi connectivity index (χ1n) is 5.08. The summed E-state index contributed by atoms with van der Waals surface area (Å²) in [6.45, 7) is 2.39. The first-order valence-corrected chi connectivity index (χ1v) is 6.94. The lowest BCUT2D eigenvalue weighted by Gasteiger charge is -2.17. The summed E-state index contributed by atoms with van der Waals surface area (Å²) in [6, 6.07) is -0.215. The van der Waals surface area contributed by atoms with Crippen molar-refractivity contribution in [2.24, 2.45) is 7.05 Å². The average Bonchev–Trinajstić information content (AvgIpc) is 2.45. The molecule has 0 amide bonds. The van der Waals surface area contributed by atoms with E-state index in [2.05, 4.69) is 9.71 Å². The molecule has 1 atom stereocenters. The number of likely N-dealkylation sites (N-methyl/N-ethyl adjacent to an activating group) is 1. The van der Waals surface area contributed by atoms with Crippen LogP contribution < -0.4 is 4.72 Å². The molecule has 98 valence electrons. The molecule has 8 heteroatoms. The molecule has 6 nitrogen and oxygen atoms in total. The van der Waals surface area contributed by atoms with Gasteiger partial charge in [0.1, 0.15) is 5.15 Å². The lowest BCUT2D eigenvalue weighted by atomic mass is 10.3. The third-order valence-corrected chi connectivity index (χ3v) is 4.16. The standard InChI is InChI=1S/C9H17ClN4O2S/c1-7(5-13(2)3)12-17(15,16)9-8(10)14(4)6-11-9/h6-7,12H,5H2,1-4H3. The number of nitrogens with zero attached hydrogens (tertiary/aromatic N) is 3. The Balaban J connectivity index is 2.86. The summed E-state index contributed by atoms with van der Waals surface area (Å²) in [6.07, 6.45) is 1.37. The van der Waals surface area contributed by atoms with Crippen LogP contribution in [0.25, 0.3) is 0 Å². The summed E-state index contributed by atoms with van der Waals surface area (Å²) >= 11 is 5.85. The van der Waals surface area contributed by atoms with Crippen molar-refractivity contribution in [3.05, 3.63) is 11.5 Å². The monoisotopic (exact) mass is 280 g/mol. The van der Waals surface area contributed by atoms with Crippen molar-refractivity contribution >= 4 is 21.6 Å². The minimum Gasteiger partial charge on any atom is -0.324 e. The van der Waals surface area contributed by atoms with Gasteiger partial charge in [-0.15, -0.1) is 0 Å². The van der Waals surface area contributed by atoms with E-state index in [0.29, 0.717) is 6.54 Å². The zero-order valence-electron chi connectivity index (χ0n) is 10.3. The van der Waals surface area contributed by atoms with Gasteiger partial charge in [0.05, 0.1) is 6.33 Å². The lowest BCUT2D eigenvalue weighted by molar-refractivity contribution is 0.370. The lowest BCUT2D eigenvalue weighted by Crippen LogP contribution is -2.39. The van der Waals surface area contributed by atoms with Gasteiger partial charge in [0.15, 0.2) is 0 Å². The second-order valence-corrected chi connectivity index (χ2v) is 6.22. The Hall–Kier alpha value is -0.630. The molecule has 0 aliphatic carbocycles. The fourth-order valence-corrected chi connectivity index (χ4v) is 3.14. The fourth-order valence-electron chi connectivity index (χ4n) is 1.48. The first-order chi connectivity index (χ1) is 7.74. The Labute approximate surface area is 107 Å². The fraction of sp³-hybridized carbons (Fsp3) is 0.667. The van der Waals surface area contributed by atoms with Gasteiger partial charge in [0, 0.05) is 19.6 Å². The van der Waals surface area contributed by atoms with Crippen molar-refractivity contribution in [2.75, 3.05) is 20.6 Å². The van der Waals surface area contributed by atoms with Crippen LogP contribution in [0, 0.1) is 0 Å². The highest BCUT2D eigenvalue weighted by molar-refractivity contribution is 7.89. The molecule has 0 saturated heterocycles. The van der Waals surface area contributed by atoms with Crippen LogP contribution in [0.15, 0.2) is 11.4 Å². The van der Waals surface area contributed by atoms with Crippen LogP contribution in [0.4, 0.5) is 0 Å². The SMILES string of the molecule is CC(CN(C)C)NS(=O)(=O)c1ncn(C)c1Cl. The highest BCUT2D eigenvalue weighted by Crippen LogP contribution is 2.18. The van der Waals surface area contributed by atoms with Crippen LogP contribution in [0.3, 0.4) is 0 Å². The zero-order chi connectivity index (χ0) is 13.2. The molecule has 0 spiro atoms. The summed E-state index contributed by atoms with van der Waals surface area (Å²) in [5, 5.41) is -0.0261. The maximum absolute atomic E-state index is 12.0. The second-order valence-electron chi connectivity index (χ2n) is 4.24. The molecule has 0 bridgehead atoms. The Morgan fingerprint density at radius 3 is 2.59 bits per heavy atom. The number of hydrogen-bond acceptors (Lipinski definition) is 4. The van der Waals surface area contributed by atoms with Crippen LogP contribution in [0.5, 0.6) is 0 Å².